The highest BCUT2D eigenvalue weighted by atomic mass is 32.2. The Labute approximate surface area is 144 Å². The quantitative estimate of drug-likeness (QED) is 0.434. The lowest BCUT2D eigenvalue weighted by atomic mass is 10.1. The van der Waals surface area contributed by atoms with Gasteiger partial charge in [0.05, 0.1) is 5.57 Å². The molecular formula is C12H15F6N3O4S. The fourth-order valence-electron chi connectivity index (χ4n) is 1.84. The van der Waals surface area contributed by atoms with Crippen molar-refractivity contribution in [3.05, 3.63) is 11.3 Å². The number of halogens is 6. The van der Waals surface area contributed by atoms with E-state index in [4.69, 9.17) is 10.6 Å². The first-order valence-corrected chi connectivity index (χ1v) is 8.30. The number of oxime groups is 1. The lowest BCUT2D eigenvalue weighted by Gasteiger charge is -2.19. The van der Waals surface area contributed by atoms with Gasteiger partial charge in [-0.05, 0) is 13.8 Å². The van der Waals surface area contributed by atoms with Gasteiger partial charge in [-0.1, -0.05) is 5.16 Å². The third kappa shape index (κ3) is 4.80. The Kier molecular flexibility index (Phi) is 6.21. The minimum Gasteiger partial charge on any atom is -0.417 e. The Morgan fingerprint density at radius 1 is 1.35 bits per heavy atom. The van der Waals surface area contributed by atoms with E-state index in [9.17, 15) is 34.8 Å². The Hall–Kier alpha value is -1.99. The molecule has 1 rings (SSSR count). The molecule has 0 aromatic rings. The van der Waals surface area contributed by atoms with E-state index in [1.54, 1.807) is 0 Å². The summed E-state index contributed by atoms with van der Waals surface area (Å²) < 4.78 is 106. The number of hydrogen-bond acceptors (Lipinski definition) is 7. The average Bonchev–Trinajstić information content (AvgIpc) is 2.85. The molecule has 0 spiro atoms. The standard InChI is InChI=1S/C12H15F6N3O4S/c1-11(2)4-5(21-25-11)26(22,23)8(13)6(7(19)12(16,17)18)9(20-3)24-10(14)15/h8,10H,4,19H2,1-3H3/b7-6-,20-9?. The van der Waals surface area contributed by atoms with Crippen LogP contribution in [0, 0.1) is 0 Å². The summed E-state index contributed by atoms with van der Waals surface area (Å²) in [6.45, 7) is -0.914. The molecule has 0 aromatic heterocycles. The van der Waals surface area contributed by atoms with E-state index in [1.807, 2.05) is 0 Å². The van der Waals surface area contributed by atoms with Gasteiger partial charge in [-0.25, -0.2) is 12.8 Å². The minimum absolute atomic E-state index is 0.455. The van der Waals surface area contributed by atoms with Crippen molar-refractivity contribution in [3.8, 4) is 0 Å². The minimum atomic E-state index is -5.44. The van der Waals surface area contributed by atoms with Crippen LogP contribution in [0.3, 0.4) is 0 Å². The summed E-state index contributed by atoms with van der Waals surface area (Å²) in [7, 11) is -4.50. The second kappa shape index (κ2) is 7.32. The van der Waals surface area contributed by atoms with Crippen molar-refractivity contribution in [3.63, 3.8) is 0 Å². The van der Waals surface area contributed by atoms with Crippen LogP contribution in [0.2, 0.25) is 0 Å². The number of hydrogen-bond donors (Lipinski definition) is 1. The molecule has 1 aliphatic heterocycles. The van der Waals surface area contributed by atoms with Gasteiger partial charge in [-0.3, -0.25) is 4.99 Å². The van der Waals surface area contributed by atoms with E-state index in [2.05, 4.69) is 14.9 Å². The molecule has 1 atom stereocenters. The van der Waals surface area contributed by atoms with Crippen molar-refractivity contribution < 1.29 is 44.3 Å². The molecule has 0 radical (unpaired) electrons. The van der Waals surface area contributed by atoms with Crippen LogP contribution >= 0.6 is 0 Å². The number of sulfone groups is 1. The van der Waals surface area contributed by atoms with Gasteiger partial charge in [-0.15, -0.1) is 0 Å². The van der Waals surface area contributed by atoms with E-state index in [1.165, 1.54) is 13.8 Å². The zero-order valence-corrected chi connectivity index (χ0v) is 14.5. The summed E-state index contributed by atoms with van der Waals surface area (Å²) in [5.41, 5.74) is -4.08. The van der Waals surface area contributed by atoms with Crippen LogP contribution in [0.4, 0.5) is 26.3 Å². The summed E-state index contributed by atoms with van der Waals surface area (Å²) in [6, 6.07) is 0. The highest BCUT2D eigenvalue weighted by Crippen LogP contribution is 2.33. The molecule has 26 heavy (non-hydrogen) atoms. The highest BCUT2D eigenvalue weighted by molar-refractivity contribution is 8.07. The fourth-order valence-corrected chi connectivity index (χ4v) is 3.31. The molecule has 0 saturated carbocycles. The molecule has 1 unspecified atom stereocenters. The lowest BCUT2D eigenvalue weighted by molar-refractivity contribution is -0.0945. The van der Waals surface area contributed by atoms with Crippen LogP contribution in [0.15, 0.2) is 21.4 Å². The van der Waals surface area contributed by atoms with Gasteiger partial charge in [0.25, 0.3) is 0 Å². The Morgan fingerprint density at radius 2 is 1.88 bits per heavy atom. The third-order valence-electron chi connectivity index (χ3n) is 3.03. The second-order valence-corrected chi connectivity index (χ2v) is 7.58. The van der Waals surface area contributed by atoms with E-state index < -0.39 is 62.4 Å². The molecule has 1 heterocycles. The summed E-state index contributed by atoms with van der Waals surface area (Å²) in [6.07, 6.45) is -5.90. The summed E-state index contributed by atoms with van der Waals surface area (Å²) in [4.78, 5) is 7.69. The van der Waals surface area contributed by atoms with E-state index in [-0.39, 0.29) is 0 Å². The van der Waals surface area contributed by atoms with Crippen LogP contribution in [0.1, 0.15) is 20.3 Å². The number of aliphatic imine (C=N–C) groups is 1. The SMILES string of the molecule is CN=C(OC(F)F)/C(=C(\N)C(F)(F)F)C(F)S(=O)(=O)C1=NOC(C)(C)C1. The topological polar surface area (TPSA) is 103 Å². The molecule has 0 bridgehead atoms. The first-order chi connectivity index (χ1) is 11.6. The number of rotatable bonds is 4. The predicted octanol–water partition coefficient (Wildman–Crippen LogP) is 2.25. The number of nitrogens with two attached hydrogens (primary N) is 1. The van der Waals surface area contributed by atoms with Crippen LogP contribution < -0.4 is 5.73 Å². The smallest absolute Gasteiger partial charge is 0.417 e. The first-order valence-electron chi connectivity index (χ1n) is 6.75. The predicted molar refractivity (Wildman–Crippen MR) is 78.7 cm³/mol. The van der Waals surface area contributed by atoms with Crippen LogP contribution in [0.25, 0.3) is 0 Å². The largest absolute Gasteiger partial charge is 0.431 e. The Morgan fingerprint density at radius 3 is 2.23 bits per heavy atom. The monoisotopic (exact) mass is 411 g/mol. The fraction of sp³-hybridized carbons (Fsp3) is 0.667. The maximum Gasteiger partial charge on any atom is 0.431 e. The van der Waals surface area contributed by atoms with Crippen LogP contribution in [-0.2, 0) is 19.4 Å². The molecule has 0 amide bonds. The molecule has 0 aromatic carbocycles. The number of allylic oxidation sites excluding steroid dienone is 1. The zero-order valence-electron chi connectivity index (χ0n) is 13.6. The van der Waals surface area contributed by atoms with Gasteiger partial charge < -0.3 is 15.3 Å². The second-order valence-electron chi connectivity index (χ2n) is 5.61. The number of alkyl halides is 6. The average molecular weight is 411 g/mol. The molecule has 150 valence electrons. The van der Waals surface area contributed by atoms with Crippen molar-refractivity contribution in [1.29, 1.82) is 0 Å². The van der Waals surface area contributed by atoms with Crippen LogP contribution in [0.5, 0.6) is 0 Å². The molecule has 2 N–H and O–H groups in total. The lowest BCUT2D eigenvalue weighted by Crippen LogP contribution is -2.36. The van der Waals surface area contributed by atoms with Gasteiger partial charge in [0.15, 0.2) is 5.04 Å². The maximum atomic E-state index is 14.6. The molecule has 0 aliphatic carbocycles. The van der Waals surface area contributed by atoms with E-state index in [0.29, 0.717) is 7.05 Å². The van der Waals surface area contributed by atoms with Crippen molar-refractivity contribution in [2.45, 2.75) is 44.2 Å². The van der Waals surface area contributed by atoms with Gasteiger partial charge >= 0.3 is 12.8 Å². The van der Waals surface area contributed by atoms with Crippen molar-refractivity contribution in [1.82, 2.24) is 0 Å². The maximum absolute atomic E-state index is 14.6. The van der Waals surface area contributed by atoms with Crippen molar-refractivity contribution >= 4 is 20.8 Å². The van der Waals surface area contributed by atoms with Gasteiger partial charge in [0.1, 0.15) is 11.3 Å². The third-order valence-corrected chi connectivity index (χ3v) is 4.69. The summed E-state index contributed by atoms with van der Waals surface area (Å²) in [5.74, 6) is -1.61. The van der Waals surface area contributed by atoms with Gasteiger partial charge in [-0.2, -0.15) is 22.0 Å². The van der Waals surface area contributed by atoms with Crippen LogP contribution in [-0.4, -0.2) is 50.3 Å². The van der Waals surface area contributed by atoms with Crippen molar-refractivity contribution in [2.24, 2.45) is 15.9 Å². The van der Waals surface area contributed by atoms with E-state index >= 15 is 0 Å². The molecule has 0 fully saturated rings. The highest BCUT2D eigenvalue weighted by Gasteiger charge is 2.47. The van der Waals surface area contributed by atoms with Gasteiger partial charge in [0, 0.05) is 13.5 Å². The summed E-state index contributed by atoms with van der Waals surface area (Å²) in [5, 5.41) is 2.24. The molecule has 0 saturated heterocycles. The number of nitrogens with zero attached hydrogens (tertiary/aromatic N) is 2. The van der Waals surface area contributed by atoms with Crippen molar-refractivity contribution in [2.75, 3.05) is 7.05 Å². The molecular weight excluding hydrogens is 396 g/mol. The molecule has 14 heteroatoms. The Balaban J connectivity index is 3.49. The molecule has 1 aliphatic rings. The first kappa shape index (κ1) is 22.1. The molecule has 7 nitrogen and oxygen atoms in total. The summed E-state index contributed by atoms with van der Waals surface area (Å²) >= 11 is 0. The van der Waals surface area contributed by atoms with Gasteiger partial charge in [0.2, 0.25) is 21.2 Å². The number of ether oxygens (including phenoxy) is 1. The Bertz CT molecular complexity index is 743. The van der Waals surface area contributed by atoms with E-state index in [0.717, 1.165) is 0 Å². The zero-order chi connectivity index (χ0) is 20.5. The normalized spacial score (nSPS) is 20.4.